The maximum atomic E-state index is 12.8. The predicted molar refractivity (Wildman–Crippen MR) is 113 cm³/mol. The second-order valence-electron chi connectivity index (χ2n) is 7.78. The lowest BCUT2D eigenvalue weighted by molar-refractivity contribution is -0.128. The number of fused-ring (bicyclic) bond motifs is 2. The Kier molecular flexibility index (Phi) is 4.86. The van der Waals surface area contributed by atoms with E-state index in [2.05, 4.69) is 20.1 Å². The smallest absolute Gasteiger partial charge is 0.269 e. The lowest BCUT2D eigenvalue weighted by atomic mass is 10.1. The number of rotatable bonds is 3. The third-order valence-corrected chi connectivity index (χ3v) is 5.62. The van der Waals surface area contributed by atoms with E-state index in [-0.39, 0.29) is 12.0 Å². The molecule has 1 amide bonds. The van der Waals surface area contributed by atoms with E-state index in [0.717, 1.165) is 36.6 Å². The number of hydrogen-bond acceptors (Lipinski definition) is 5. The molecule has 5 rings (SSSR count). The van der Waals surface area contributed by atoms with E-state index in [1.807, 2.05) is 49.4 Å². The van der Waals surface area contributed by atoms with Crippen LogP contribution in [0, 0.1) is 0 Å². The fourth-order valence-electron chi connectivity index (χ4n) is 4.02. The number of nitrogens with one attached hydrogen (secondary N) is 1. The van der Waals surface area contributed by atoms with Gasteiger partial charge in [-0.3, -0.25) is 4.79 Å². The maximum absolute atomic E-state index is 12.8. The van der Waals surface area contributed by atoms with Crippen LogP contribution in [-0.2, 0) is 17.8 Å². The van der Waals surface area contributed by atoms with Gasteiger partial charge in [0.05, 0.1) is 0 Å². The van der Waals surface area contributed by atoms with Gasteiger partial charge in [0.1, 0.15) is 11.9 Å². The molecule has 0 saturated carbocycles. The molecular weight excluding hydrogens is 380 g/mol. The Morgan fingerprint density at radius 3 is 2.57 bits per heavy atom. The van der Waals surface area contributed by atoms with Crippen molar-refractivity contribution in [1.82, 2.24) is 14.8 Å². The maximum Gasteiger partial charge on any atom is 0.269 e. The number of para-hydroxylation sites is 2. The summed E-state index contributed by atoms with van der Waals surface area (Å²) in [6, 6.07) is 15.1. The van der Waals surface area contributed by atoms with Gasteiger partial charge in [0, 0.05) is 24.2 Å². The molecule has 0 radical (unpaired) electrons. The molecule has 3 aromatic rings. The average Bonchev–Trinajstić information content (AvgIpc) is 3.01. The Morgan fingerprint density at radius 1 is 1.00 bits per heavy atom. The zero-order valence-corrected chi connectivity index (χ0v) is 16.9. The van der Waals surface area contributed by atoms with Gasteiger partial charge in [-0.15, -0.1) is 10.2 Å². The van der Waals surface area contributed by atoms with E-state index in [4.69, 9.17) is 9.47 Å². The van der Waals surface area contributed by atoms with Gasteiger partial charge in [0.2, 0.25) is 6.10 Å². The van der Waals surface area contributed by atoms with Crippen molar-refractivity contribution in [3.8, 4) is 22.9 Å². The summed E-state index contributed by atoms with van der Waals surface area (Å²) in [6.45, 7) is 2.79. The summed E-state index contributed by atoms with van der Waals surface area (Å²) in [5.74, 6) is 2.95. The van der Waals surface area contributed by atoms with Crippen molar-refractivity contribution in [2.75, 3.05) is 5.32 Å². The van der Waals surface area contributed by atoms with Crippen LogP contribution in [0.4, 0.5) is 5.69 Å². The van der Waals surface area contributed by atoms with Crippen LogP contribution in [0.15, 0.2) is 48.5 Å². The van der Waals surface area contributed by atoms with Gasteiger partial charge in [0.25, 0.3) is 5.91 Å². The fourth-order valence-corrected chi connectivity index (χ4v) is 4.02. The van der Waals surface area contributed by atoms with Crippen LogP contribution in [0.1, 0.15) is 32.0 Å². The molecule has 7 heteroatoms. The summed E-state index contributed by atoms with van der Waals surface area (Å²) in [5, 5.41) is 11.7. The quantitative estimate of drug-likeness (QED) is 0.718. The van der Waals surface area contributed by atoms with E-state index in [0.29, 0.717) is 17.2 Å². The molecule has 2 aliphatic rings. The summed E-state index contributed by atoms with van der Waals surface area (Å²) in [5.41, 5.74) is 1.70. The first-order valence-electron chi connectivity index (χ1n) is 10.4. The monoisotopic (exact) mass is 404 g/mol. The van der Waals surface area contributed by atoms with E-state index in [9.17, 15) is 4.79 Å². The standard InChI is InChI=1S/C23H24N4O3/c1-15-21(30-19-8-5-4-7-18(19)29-15)23(28)24-17-12-10-16(11-13-17)22-26-25-20-9-3-2-6-14-27(20)22/h4-5,7-8,10-13,15,21H,2-3,6,9,14H2,1H3,(H,24,28)/t15-,21-/m0/s1. The molecule has 0 spiro atoms. The van der Waals surface area contributed by atoms with Crippen LogP contribution >= 0.6 is 0 Å². The highest BCUT2D eigenvalue weighted by molar-refractivity contribution is 5.95. The molecule has 0 fully saturated rings. The van der Waals surface area contributed by atoms with Crippen LogP contribution in [0.25, 0.3) is 11.4 Å². The average molecular weight is 404 g/mol. The second kappa shape index (κ2) is 7.82. The second-order valence-corrected chi connectivity index (χ2v) is 7.78. The molecule has 2 aliphatic heterocycles. The minimum atomic E-state index is -0.716. The van der Waals surface area contributed by atoms with Crippen molar-refractivity contribution in [1.29, 1.82) is 0 Å². The number of ether oxygens (including phenoxy) is 2. The summed E-state index contributed by atoms with van der Waals surface area (Å²) in [7, 11) is 0. The number of benzene rings is 2. The van der Waals surface area contributed by atoms with Gasteiger partial charge < -0.3 is 19.4 Å². The molecule has 3 heterocycles. The summed E-state index contributed by atoms with van der Waals surface area (Å²) >= 11 is 0. The van der Waals surface area contributed by atoms with E-state index in [1.54, 1.807) is 6.07 Å². The number of anilines is 1. The number of aromatic nitrogens is 3. The normalized spacial score (nSPS) is 20.2. The van der Waals surface area contributed by atoms with Crippen molar-refractivity contribution < 1.29 is 14.3 Å². The fraction of sp³-hybridized carbons (Fsp3) is 0.348. The van der Waals surface area contributed by atoms with Gasteiger partial charge in [0.15, 0.2) is 17.3 Å². The van der Waals surface area contributed by atoms with Crippen molar-refractivity contribution in [2.24, 2.45) is 0 Å². The number of hydrogen-bond donors (Lipinski definition) is 1. The third kappa shape index (κ3) is 3.51. The summed E-state index contributed by atoms with van der Waals surface area (Å²) in [4.78, 5) is 12.8. The molecule has 30 heavy (non-hydrogen) atoms. The Labute approximate surface area is 175 Å². The van der Waals surface area contributed by atoms with Crippen molar-refractivity contribution in [3.63, 3.8) is 0 Å². The Bertz CT molecular complexity index is 1060. The molecule has 2 aromatic carbocycles. The van der Waals surface area contributed by atoms with Crippen molar-refractivity contribution in [2.45, 2.75) is 51.4 Å². The zero-order valence-electron chi connectivity index (χ0n) is 16.9. The Balaban J connectivity index is 1.30. The number of carbonyl (C=O) groups excluding carboxylic acids is 1. The van der Waals surface area contributed by atoms with Gasteiger partial charge >= 0.3 is 0 Å². The zero-order chi connectivity index (χ0) is 20.5. The largest absolute Gasteiger partial charge is 0.482 e. The molecule has 0 unspecified atom stereocenters. The third-order valence-electron chi connectivity index (χ3n) is 5.62. The van der Waals surface area contributed by atoms with Gasteiger partial charge in [-0.1, -0.05) is 18.6 Å². The predicted octanol–water partition coefficient (Wildman–Crippen LogP) is 3.84. The number of amides is 1. The number of carbonyl (C=O) groups is 1. The highest BCUT2D eigenvalue weighted by Crippen LogP contribution is 2.33. The van der Waals surface area contributed by atoms with Crippen molar-refractivity contribution in [3.05, 3.63) is 54.4 Å². The first kappa shape index (κ1) is 18.7. The van der Waals surface area contributed by atoms with Crippen LogP contribution in [-0.4, -0.2) is 32.9 Å². The van der Waals surface area contributed by atoms with Crippen LogP contribution in [0.5, 0.6) is 11.5 Å². The topological polar surface area (TPSA) is 78.3 Å². The molecule has 2 atom stereocenters. The Hall–Kier alpha value is -3.35. The SMILES string of the molecule is C[C@@H]1Oc2ccccc2O[C@@H]1C(=O)Nc1ccc(-c2nnc3n2CCCCC3)cc1. The first-order valence-corrected chi connectivity index (χ1v) is 10.4. The molecule has 154 valence electrons. The van der Waals surface area contributed by atoms with Gasteiger partial charge in [-0.25, -0.2) is 0 Å². The molecule has 1 N–H and O–H groups in total. The highest BCUT2D eigenvalue weighted by atomic mass is 16.6. The van der Waals surface area contributed by atoms with Crippen molar-refractivity contribution >= 4 is 11.6 Å². The van der Waals surface area contributed by atoms with Crippen LogP contribution in [0.2, 0.25) is 0 Å². The molecule has 1 aromatic heterocycles. The summed E-state index contributed by atoms with van der Waals surface area (Å²) in [6.07, 6.45) is 3.42. The first-order chi connectivity index (χ1) is 14.7. The number of aryl methyl sites for hydroxylation is 1. The molecule has 7 nitrogen and oxygen atoms in total. The van der Waals surface area contributed by atoms with Gasteiger partial charge in [-0.2, -0.15) is 0 Å². The molecule has 0 saturated heterocycles. The van der Waals surface area contributed by atoms with E-state index in [1.165, 1.54) is 12.8 Å². The molecular formula is C23H24N4O3. The minimum Gasteiger partial charge on any atom is -0.482 e. The van der Waals surface area contributed by atoms with E-state index < -0.39 is 6.10 Å². The Morgan fingerprint density at radius 2 is 1.77 bits per heavy atom. The van der Waals surface area contributed by atoms with Crippen LogP contribution in [0.3, 0.4) is 0 Å². The lowest BCUT2D eigenvalue weighted by Crippen LogP contribution is -2.46. The highest BCUT2D eigenvalue weighted by Gasteiger charge is 2.34. The number of nitrogens with zero attached hydrogens (tertiary/aromatic N) is 3. The molecule has 0 aliphatic carbocycles. The van der Waals surface area contributed by atoms with Crippen LogP contribution < -0.4 is 14.8 Å². The van der Waals surface area contributed by atoms with E-state index >= 15 is 0 Å². The lowest BCUT2D eigenvalue weighted by Gasteiger charge is -2.31. The minimum absolute atomic E-state index is 0.235. The molecule has 0 bridgehead atoms. The summed E-state index contributed by atoms with van der Waals surface area (Å²) < 4.78 is 13.9. The van der Waals surface area contributed by atoms with Gasteiger partial charge in [-0.05, 0) is 56.2 Å².